The third kappa shape index (κ3) is 6.71. The van der Waals surface area contributed by atoms with E-state index < -0.39 is 0 Å². The number of carbonyl (C=O) groups is 1. The summed E-state index contributed by atoms with van der Waals surface area (Å²) in [7, 11) is 0. The monoisotopic (exact) mass is 537 g/mol. The van der Waals surface area contributed by atoms with E-state index in [2.05, 4.69) is 4.90 Å². The minimum Gasteiger partial charge on any atom is -0.508 e. The van der Waals surface area contributed by atoms with Gasteiger partial charge in [-0.3, -0.25) is 14.1 Å². The van der Waals surface area contributed by atoms with Gasteiger partial charge in [-0.1, -0.05) is 27.7 Å². The first-order valence-electron chi connectivity index (χ1n) is 13.1. The normalized spacial score (nSPS) is 13.1. The molecule has 38 heavy (non-hydrogen) atoms. The van der Waals surface area contributed by atoms with Gasteiger partial charge >= 0.3 is 0 Å². The Kier molecular flexibility index (Phi) is 10.7. The Morgan fingerprint density at radius 2 is 1.58 bits per heavy atom. The summed E-state index contributed by atoms with van der Waals surface area (Å²) in [6.45, 7) is 10.6. The van der Waals surface area contributed by atoms with Crippen molar-refractivity contribution in [2.75, 3.05) is 32.9 Å². The summed E-state index contributed by atoms with van der Waals surface area (Å²) in [6, 6.07) is 18.8. The zero-order valence-electron chi connectivity index (χ0n) is 22.4. The number of nitrogens with zero attached hydrogens (tertiary/aromatic N) is 1. The summed E-state index contributed by atoms with van der Waals surface area (Å²) >= 11 is 1.43. The van der Waals surface area contributed by atoms with Gasteiger partial charge in [0.05, 0.1) is 6.67 Å². The van der Waals surface area contributed by atoms with Gasteiger partial charge in [-0.2, -0.15) is 0 Å². The number of phenolic OH excluding ortho intramolecular Hbond substituents is 2. The molecular formula is C31H36FNO4S. The molecule has 202 valence electrons. The maximum atomic E-state index is 13.6. The number of phenols is 2. The van der Waals surface area contributed by atoms with Crippen LogP contribution in [0.3, 0.4) is 0 Å². The molecule has 2 N–H and O–H groups in total. The third-order valence-corrected chi connectivity index (χ3v) is 7.28. The van der Waals surface area contributed by atoms with Crippen LogP contribution in [0.1, 0.15) is 43.6 Å². The summed E-state index contributed by atoms with van der Waals surface area (Å²) in [4.78, 5) is 16.5. The fraction of sp³-hybridized carbons (Fsp3) is 0.323. The molecule has 0 bridgehead atoms. The number of likely N-dealkylation sites (tertiary alicyclic amines) is 1. The van der Waals surface area contributed by atoms with Crippen LogP contribution < -0.4 is 4.74 Å². The Morgan fingerprint density at radius 1 is 0.947 bits per heavy atom. The van der Waals surface area contributed by atoms with E-state index in [-0.39, 0.29) is 29.9 Å². The standard InChI is InChI=1S/C27H24FNO4S.2C2H6/c28-14-17-15-29(16-17)11-12-33-22-8-3-18(4-9-22)26(32)25-23-10-7-21(31)13-24(23)34-27(25)19-1-5-20(30)6-2-19;2*1-2/h1-10,13,17,30-31H,11-12,14-16H2;2*1-2H3. The number of thiophene rings is 1. The Bertz CT molecular complexity index is 1310. The van der Waals surface area contributed by atoms with E-state index >= 15 is 0 Å². The largest absolute Gasteiger partial charge is 0.508 e. The number of alkyl halides is 1. The van der Waals surface area contributed by atoms with Gasteiger partial charge in [0.25, 0.3) is 0 Å². The van der Waals surface area contributed by atoms with Crippen molar-refractivity contribution in [3.8, 4) is 27.7 Å². The second-order valence-electron chi connectivity index (χ2n) is 8.52. The number of ether oxygens (including phenoxy) is 1. The van der Waals surface area contributed by atoms with Crippen molar-refractivity contribution in [3.05, 3.63) is 77.9 Å². The Balaban J connectivity index is 0.000000956. The Hall–Kier alpha value is -3.42. The predicted octanol–water partition coefficient (Wildman–Crippen LogP) is 7.54. The van der Waals surface area contributed by atoms with Crippen LogP contribution in [0.4, 0.5) is 4.39 Å². The first-order valence-corrected chi connectivity index (χ1v) is 13.9. The van der Waals surface area contributed by atoms with Crippen LogP contribution in [0.5, 0.6) is 17.2 Å². The molecule has 5 nitrogen and oxygen atoms in total. The molecule has 4 aromatic rings. The topological polar surface area (TPSA) is 70.0 Å². The lowest BCUT2D eigenvalue weighted by Gasteiger charge is -2.37. The van der Waals surface area contributed by atoms with E-state index in [4.69, 9.17) is 4.74 Å². The number of rotatable bonds is 8. The van der Waals surface area contributed by atoms with Crippen molar-refractivity contribution in [2.45, 2.75) is 27.7 Å². The van der Waals surface area contributed by atoms with Crippen LogP contribution >= 0.6 is 11.3 Å². The summed E-state index contributed by atoms with van der Waals surface area (Å²) in [5.41, 5.74) is 1.93. The van der Waals surface area contributed by atoms with Crippen molar-refractivity contribution in [1.29, 1.82) is 0 Å². The molecule has 0 saturated carbocycles. The molecule has 2 heterocycles. The van der Waals surface area contributed by atoms with E-state index in [1.54, 1.807) is 66.7 Å². The van der Waals surface area contributed by atoms with Gasteiger partial charge in [-0.15, -0.1) is 11.3 Å². The lowest BCUT2D eigenvalue weighted by Crippen LogP contribution is -2.49. The summed E-state index contributed by atoms with van der Waals surface area (Å²) < 4.78 is 19.1. The fourth-order valence-electron chi connectivity index (χ4n) is 4.22. The van der Waals surface area contributed by atoms with Gasteiger partial charge in [-0.25, -0.2) is 0 Å². The number of carbonyl (C=O) groups excluding carboxylic acids is 1. The number of fused-ring (bicyclic) bond motifs is 1. The average molecular weight is 538 g/mol. The molecule has 0 spiro atoms. The minimum absolute atomic E-state index is 0.121. The van der Waals surface area contributed by atoms with Crippen LogP contribution in [0.25, 0.3) is 20.5 Å². The Morgan fingerprint density at radius 3 is 2.21 bits per heavy atom. The molecule has 0 aliphatic carbocycles. The van der Waals surface area contributed by atoms with Gasteiger partial charge in [-0.05, 0) is 72.3 Å². The number of aromatic hydroxyl groups is 2. The van der Waals surface area contributed by atoms with E-state index in [1.165, 1.54) is 11.3 Å². The maximum Gasteiger partial charge on any atom is 0.195 e. The highest BCUT2D eigenvalue weighted by Gasteiger charge is 2.26. The number of hydrogen-bond acceptors (Lipinski definition) is 6. The molecule has 1 aromatic heterocycles. The van der Waals surface area contributed by atoms with Crippen molar-refractivity contribution in [2.24, 2.45) is 5.92 Å². The molecule has 0 amide bonds. The van der Waals surface area contributed by atoms with Gasteiger partial charge in [0, 0.05) is 51.6 Å². The number of ketones is 1. The molecule has 5 rings (SSSR count). The zero-order chi connectivity index (χ0) is 27.7. The molecule has 3 aromatic carbocycles. The molecule has 1 saturated heterocycles. The van der Waals surface area contributed by atoms with Crippen molar-refractivity contribution < 1.29 is 24.1 Å². The van der Waals surface area contributed by atoms with Crippen LogP contribution in [0.15, 0.2) is 66.7 Å². The van der Waals surface area contributed by atoms with E-state index in [0.717, 1.165) is 40.2 Å². The Labute approximate surface area is 228 Å². The molecule has 1 aliphatic heterocycles. The lowest BCUT2D eigenvalue weighted by atomic mass is 9.97. The molecule has 7 heteroatoms. The molecule has 0 unspecified atom stereocenters. The fourth-order valence-corrected chi connectivity index (χ4v) is 5.46. The lowest BCUT2D eigenvalue weighted by molar-refractivity contribution is 0.0668. The van der Waals surface area contributed by atoms with Gasteiger partial charge < -0.3 is 14.9 Å². The summed E-state index contributed by atoms with van der Waals surface area (Å²) in [6.07, 6.45) is 0. The number of halogens is 1. The van der Waals surface area contributed by atoms with Crippen molar-refractivity contribution >= 4 is 27.2 Å². The highest BCUT2D eigenvalue weighted by atomic mass is 32.1. The van der Waals surface area contributed by atoms with Gasteiger partial charge in [0.1, 0.15) is 23.9 Å². The van der Waals surface area contributed by atoms with Crippen LogP contribution in [-0.2, 0) is 0 Å². The average Bonchev–Trinajstić information content (AvgIpc) is 3.31. The van der Waals surface area contributed by atoms with E-state index in [9.17, 15) is 19.4 Å². The van der Waals surface area contributed by atoms with E-state index in [1.807, 2.05) is 27.7 Å². The smallest absolute Gasteiger partial charge is 0.195 e. The highest BCUT2D eigenvalue weighted by molar-refractivity contribution is 7.22. The number of hydrogen-bond donors (Lipinski definition) is 2. The van der Waals surface area contributed by atoms with Crippen molar-refractivity contribution in [3.63, 3.8) is 0 Å². The summed E-state index contributed by atoms with van der Waals surface area (Å²) in [5, 5.41) is 20.4. The van der Waals surface area contributed by atoms with Crippen LogP contribution in [0.2, 0.25) is 0 Å². The highest BCUT2D eigenvalue weighted by Crippen LogP contribution is 2.41. The molecule has 1 aliphatic rings. The zero-order valence-corrected chi connectivity index (χ0v) is 23.2. The summed E-state index contributed by atoms with van der Waals surface area (Å²) in [5.74, 6) is 1.02. The number of benzene rings is 3. The molecule has 0 atom stereocenters. The maximum absolute atomic E-state index is 13.6. The van der Waals surface area contributed by atoms with Gasteiger partial charge in [0.15, 0.2) is 5.78 Å². The quantitative estimate of drug-likeness (QED) is 0.227. The molecule has 0 radical (unpaired) electrons. The first kappa shape index (κ1) is 29.1. The SMILES string of the molecule is CC.CC.O=C(c1ccc(OCCN2CC(CF)C2)cc1)c1c(-c2ccc(O)cc2)sc2cc(O)ccc12. The van der Waals surface area contributed by atoms with Crippen LogP contribution in [0, 0.1) is 5.92 Å². The minimum atomic E-state index is -0.262. The van der Waals surface area contributed by atoms with E-state index in [0.29, 0.717) is 23.5 Å². The third-order valence-electron chi connectivity index (χ3n) is 6.07. The van der Waals surface area contributed by atoms with Gasteiger partial charge in [0.2, 0.25) is 0 Å². The second kappa shape index (κ2) is 13.9. The second-order valence-corrected chi connectivity index (χ2v) is 9.57. The molecule has 1 fully saturated rings. The molecular weight excluding hydrogens is 501 g/mol. The van der Waals surface area contributed by atoms with Crippen LogP contribution in [-0.4, -0.2) is 53.8 Å². The first-order chi connectivity index (χ1) is 18.5. The predicted molar refractivity (Wildman–Crippen MR) is 155 cm³/mol. The van der Waals surface area contributed by atoms with Crippen molar-refractivity contribution in [1.82, 2.24) is 4.90 Å².